The fourth-order valence-electron chi connectivity index (χ4n) is 4.46. The Morgan fingerprint density at radius 1 is 0.963 bits per heavy atom. The maximum absolute atomic E-state index is 13.0. The second-order valence-electron chi connectivity index (χ2n) is 7.44. The van der Waals surface area contributed by atoms with Crippen LogP contribution in [0.3, 0.4) is 0 Å². The smallest absolute Gasteiger partial charge is 0.227 e. The third-order valence-electron chi connectivity index (χ3n) is 5.76. The van der Waals surface area contributed by atoms with E-state index in [0.717, 1.165) is 22.9 Å². The standard InChI is InChI=1S/C21H22BrNO3S/c22-16-8-6-15(7-9-16)12-21(24)23-17-10-11-18(23)14-20(13-17)27(25,26)19-4-2-1-3-5-19/h1-9,17-18,20H,10-14H2/t17-,18+,20?. The van der Waals surface area contributed by atoms with Crippen LogP contribution in [0.15, 0.2) is 64.0 Å². The van der Waals surface area contributed by atoms with E-state index in [-0.39, 0.29) is 18.0 Å². The molecule has 4 nitrogen and oxygen atoms in total. The Hall–Kier alpha value is -1.66. The van der Waals surface area contributed by atoms with Crippen LogP contribution in [0.5, 0.6) is 0 Å². The lowest BCUT2D eigenvalue weighted by atomic mass is 10.0. The van der Waals surface area contributed by atoms with Crippen LogP contribution in [0.2, 0.25) is 0 Å². The molecule has 27 heavy (non-hydrogen) atoms. The Balaban J connectivity index is 1.49. The quantitative estimate of drug-likeness (QED) is 0.711. The molecule has 0 spiro atoms. The number of carbonyl (C=O) groups is 1. The van der Waals surface area contributed by atoms with Gasteiger partial charge in [0.25, 0.3) is 0 Å². The summed E-state index contributed by atoms with van der Waals surface area (Å²) < 4.78 is 27.0. The van der Waals surface area contributed by atoms with Crippen molar-refractivity contribution in [2.75, 3.05) is 0 Å². The van der Waals surface area contributed by atoms with Crippen molar-refractivity contribution in [1.29, 1.82) is 0 Å². The molecule has 142 valence electrons. The zero-order valence-corrected chi connectivity index (χ0v) is 17.3. The van der Waals surface area contributed by atoms with Gasteiger partial charge in [0.15, 0.2) is 9.84 Å². The number of nitrogens with zero attached hydrogens (tertiary/aromatic N) is 1. The molecule has 0 aromatic heterocycles. The lowest BCUT2D eigenvalue weighted by Crippen LogP contribution is -2.50. The molecule has 2 fully saturated rings. The first-order valence-electron chi connectivity index (χ1n) is 9.29. The van der Waals surface area contributed by atoms with E-state index in [9.17, 15) is 13.2 Å². The van der Waals surface area contributed by atoms with Gasteiger partial charge >= 0.3 is 0 Å². The van der Waals surface area contributed by atoms with Gasteiger partial charge in [0.1, 0.15) is 0 Å². The molecule has 2 aliphatic rings. The lowest BCUT2D eigenvalue weighted by Gasteiger charge is -2.38. The minimum atomic E-state index is -3.34. The van der Waals surface area contributed by atoms with Crippen LogP contribution in [0.1, 0.15) is 31.2 Å². The molecule has 2 aromatic rings. The first-order valence-corrected chi connectivity index (χ1v) is 11.6. The number of piperidine rings is 1. The van der Waals surface area contributed by atoms with Crippen LogP contribution in [0.25, 0.3) is 0 Å². The Bertz CT molecular complexity index is 914. The molecular formula is C21H22BrNO3S. The highest BCUT2D eigenvalue weighted by molar-refractivity contribution is 9.10. The van der Waals surface area contributed by atoms with E-state index in [1.54, 1.807) is 24.3 Å². The van der Waals surface area contributed by atoms with Crippen molar-refractivity contribution in [1.82, 2.24) is 4.90 Å². The van der Waals surface area contributed by atoms with Gasteiger partial charge in [0, 0.05) is 16.6 Å². The second kappa shape index (κ2) is 7.40. The normalized spacial score (nSPS) is 24.8. The summed E-state index contributed by atoms with van der Waals surface area (Å²) >= 11 is 3.41. The Kier molecular flexibility index (Phi) is 5.12. The van der Waals surface area contributed by atoms with Crippen molar-refractivity contribution >= 4 is 31.7 Å². The van der Waals surface area contributed by atoms with Gasteiger partial charge in [-0.1, -0.05) is 46.3 Å². The minimum Gasteiger partial charge on any atom is -0.336 e. The van der Waals surface area contributed by atoms with Gasteiger partial charge in [-0.3, -0.25) is 4.79 Å². The molecule has 2 bridgehead atoms. The zero-order valence-electron chi connectivity index (χ0n) is 14.9. The summed E-state index contributed by atoms with van der Waals surface area (Å²) in [4.78, 5) is 15.3. The van der Waals surface area contributed by atoms with E-state index >= 15 is 0 Å². The highest BCUT2D eigenvalue weighted by atomic mass is 79.9. The number of sulfone groups is 1. The van der Waals surface area contributed by atoms with Crippen LogP contribution < -0.4 is 0 Å². The molecule has 1 amide bonds. The molecular weight excluding hydrogens is 426 g/mol. The van der Waals surface area contributed by atoms with Crippen LogP contribution in [0.4, 0.5) is 0 Å². The van der Waals surface area contributed by atoms with Crippen molar-refractivity contribution in [3.8, 4) is 0 Å². The molecule has 0 saturated carbocycles. The summed E-state index contributed by atoms with van der Waals surface area (Å²) in [6.07, 6.45) is 3.26. The third kappa shape index (κ3) is 3.69. The summed E-state index contributed by atoms with van der Waals surface area (Å²) in [6, 6.07) is 16.6. The first kappa shape index (κ1) is 18.7. The number of hydrogen-bond donors (Lipinski definition) is 0. The number of amides is 1. The molecule has 2 heterocycles. The fourth-order valence-corrected chi connectivity index (χ4v) is 6.60. The van der Waals surface area contributed by atoms with Crippen LogP contribution in [0, 0.1) is 0 Å². The van der Waals surface area contributed by atoms with Gasteiger partial charge in [0.05, 0.1) is 16.6 Å². The van der Waals surface area contributed by atoms with Gasteiger partial charge in [-0.25, -0.2) is 8.42 Å². The van der Waals surface area contributed by atoms with Crippen molar-refractivity contribution in [2.24, 2.45) is 0 Å². The molecule has 1 unspecified atom stereocenters. The maximum Gasteiger partial charge on any atom is 0.227 e. The average molecular weight is 448 g/mol. The van der Waals surface area contributed by atoms with E-state index in [2.05, 4.69) is 15.9 Å². The average Bonchev–Trinajstić information content (AvgIpc) is 2.94. The molecule has 0 radical (unpaired) electrons. The van der Waals surface area contributed by atoms with Gasteiger partial charge in [-0.15, -0.1) is 0 Å². The molecule has 0 N–H and O–H groups in total. The third-order valence-corrected chi connectivity index (χ3v) is 8.48. The minimum absolute atomic E-state index is 0.0372. The van der Waals surface area contributed by atoms with Crippen LogP contribution in [-0.4, -0.2) is 36.6 Å². The van der Waals surface area contributed by atoms with E-state index in [4.69, 9.17) is 0 Å². The molecule has 6 heteroatoms. The molecule has 2 aromatic carbocycles. The van der Waals surface area contributed by atoms with E-state index in [1.807, 2.05) is 35.2 Å². The number of rotatable bonds is 4. The van der Waals surface area contributed by atoms with Crippen molar-refractivity contribution in [2.45, 2.75) is 54.3 Å². The van der Waals surface area contributed by atoms with E-state index < -0.39 is 15.1 Å². The van der Waals surface area contributed by atoms with Gasteiger partial charge in [-0.2, -0.15) is 0 Å². The first-order chi connectivity index (χ1) is 12.9. The number of carbonyl (C=O) groups excluding carboxylic acids is 1. The molecule has 3 atom stereocenters. The van der Waals surface area contributed by atoms with Gasteiger partial charge in [0.2, 0.25) is 5.91 Å². The van der Waals surface area contributed by atoms with Gasteiger partial charge in [-0.05, 0) is 55.5 Å². The maximum atomic E-state index is 13.0. The largest absolute Gasteiger partial charge is 0.336 e. The number of halogens is 1. The fraction of sp³-hybridized carbons (Fsp3) is 0.381. The summed E-state index contributed by atoms with van der Waals surface area (Å²) in [6.45, 7) is 0. The highest BCUT2D eigenvalue weighted by Crippen LogP contribution is 2.40. The van der Waals surface area contributed by atoms with E-state index in [1.165, 1.54) is 0 Å². The Labute approximate surface area is 168 Å². The summed E-state index contributed by atoms with van der Waals surface area (Å²) in [7, 11) is -3.34. The summed E-state index contributed by atoms with van der Waals surface area (Å²) in [5.41, 5.74) is 0.988. The number of fused-ring (bicyclic) bond motifs is 2. The Morgan fingerprint density at radius 2 is 1.56 bits per heavy atom. The topological polar surface area (TPSA) is 54.5 Å². The molecule has 0 aliphatic carbocycles. The molecule has 2 saturated heterocycles. The monoisotopic (exact) mass is 447 g/mol. The summed E-state index contributed by atoms with van der Waals surface area (Å²) in [5, 5.41) is -0.394. The van der Waals surface area contributed by atoms with Crippen molar-refractivity contribution in [3.63, 3.8) is 0 Å². The second-order valence-corrected chi connectivity index (χ2v) is 10.6. The predicted octanol–water partition coefficient (Wildman–Crippen LogP) is 3.99. The van der Waals surface area contributed by atoms with Crippen molar-refractivity contribution in [3.05, 3.63) is 64.6 Å². The predicted molar refractivity (Wildman–Crippen MR) is 108 cm³/mol. The Morgan fingerprint density at radius 3 is 2.15 bits per heavy atom. The SMILES string of the molecule is O=C(Cc1ccc(Br)cc1)N1[C@@H]2CC[C@H]1CC(S(=O)(=O)c1ccccc1)C2. The highest BCUT2D eigenvalue weighted by Gasteiger charge is 2.46. The van der Waals surface area contributed by atoms with Crippen molar-refractivity contribution < 1.29 is 13.2 Å². The van der Waals surface area contributed by atoms with Crippen LogP contribution >= 0.6 is 15.9 Å². The van der Waals surface area contributed by atoms with Crippen LogP contribution in [-0.2, 0) is 21.1 Å². The zero-order chi connectivity index (χ0) is 19.0. The molecule has 4 rings (SSSR count). The number of hydrogen-bond acceptors (Lipinski definition) is 3. The molecule has 2 aliphatic heterocycles. The summed E-state index contributed by atoms with van der Waals surface area (Å²) in [5.74, 6) is 0.111. The lowest BCUT2D eigenvalue weighted by molar-refractivity contribution is -0.134. The van der Waals surface area contributed by atoms with Gasteiger partial charge < -0.3 is 4.90 Å². The van der Waals surface area contributed by atoms with E-state index in [0.29, 0.717) is 24.2 Å². The number of benzene rings is 2.